The molecule has 0 amide bonds. The highest BCUT2D eigenvalue weighted by molar-refractivity contribution is 5.52. The molecule has 0 aliphatic carbocycles. The molecule has 0 fully saturated rings. The summed E-state index contributed by atoms with van der Waals surface area (Å²) in [4.78, 5) is 0. The zero-order valence-corrected chi connectivity index (χ0v) is 10.3. The average Bonchev–Trinajstić information content (AvgIpc) is 2.46. The van der Waals surface area contributed by atoms with Crippen molar-refractivity contribution in [1.82, 2.24) is 0 Å². The minimum atomic E-state index is 0.125. The molecule has 2 aromatic carbocycles. The van der Waals surface area contributed by atoms with E-state index in [9.17, 15) is 0 Å². The van der Waals surface area contributed by atoms with E-state index < -0.39 is 0 Å². The van der Waals surface area contributed by atoms with Gasteiger partial charge in [0.2, 0.25) is 0 Å². The van der Waals surface area contributed by atoms with Crippen molar-refractivity contribution in [2.24, 2.45) is 0 Å². The Morgan fingerprint density at radius 1 is 1.00 bits per heavy atom. The summed E-state index contributed by atoms with van der Waals surface area (Å²) in [7, 11) is 0. The van der Waals surface area contributed by atoms with Gasteiger partial charge in [-0.15, -0.1) is 0 Å². The van der Waals surface area contributed by atoms with Crippen molar-refractivity contribution >= 4 is 5.69 Å². The van der Waals surface area contributed by atoms with E-state index in [1.807, 2.05) is 6.07 Å². The fraction of sp³-hybridized carbons (Fsp3) is 0.250. The Labute approximate surface area is 108 Å². The van der Waals surface area contributed by atoms with Gasteiger partial charge in [0, 0.05) is 11.3 Å². The Balaban J connectivity index is 1.60. The van der Waals surface area contributed by atoms with E-state index in [0.29, 0.717) is 6.61 Å². The van der Waals surface area contributed by atoms with Crippen molar-refractivity contribution in [3.05, 3.63) is 65.7 Å². The molecule has 0 radical (unpaired) electrons. The van der Waals surface area contributed by atoms with Gasteiger partial charge < -0.3 is 10.1 Å². The minimum Gasteiger partial charge on any atom is -0.360 e. The van der Waals surface area contributed by atoms with Gasteiger partial charge in [0.25, 0.3) is 0 Å². The van der Waals surface area contributed by atoms with Crippen LogP contribution in [0.5, 0.6) is 0 Å². The Bertz CT molecular complexity index is 510. The van der Waals surface area contributed by atoms with Crippen molar-refractivity contribution in [3.63, 3.8) is 0 Å². The van der Waals surface area contributed by atoms with Crippen LogP contribution in [0.2, 0.25) is 0 Å². The maximum atomic E-state index is 5.82. The van der Waals surface area contributed by atoms with Crippen molar-refractivity contribution < 1.29 is 4.74 Å². The summed E-state index contributed by atoms with van der Waals surface area (Å²) < 4.78 is 5.82. The van der Waals surface area contributed by atoms with E-state index in [1.54, 1.807) is 0 Å². The van der Waals surface area contributed by atoms with Gasteiger partial charge in [-0.05, 0) is 24.5 Å². The summed E-state index contributed by atoms with van der Waals surface area (Å²) in [5, 5.41) is 3.44. The standard InChI is InChI=1S/C16H17NO/c1-2-6-13(7-3-1)10-11-16-17-15-9-5-4-8-14(15)12-18-16/h1-9,16-17H,10-12H2. The van der Waals surface area contributed by atoms with Crippen LogP contribution in [0, 0.1) is 0 Å². The second-order valence-corrected chi connectivity index (χ2v) is 4.63. The molecule has 1 heterocycles. The molecule has 0 saturated heterocycles. The molecule has 18 heavy (non-hydrogen) atoms. The maximum absolute atomic E-state index is 5.82. The quantitative estimate of drug-likeness (QED) is 0.883. The molecule has 2 nitrogen and oxygen atoms in total. The van der Waals surface area contributed by atoms with Crippen molar-refractivity contribution in [1.29, 1.82) is 0 Å². The first-order valence-electron chi connectivity index (χ1n) is 6.42. The zero-order valence-electron chi connectivity index (χ0n) is 10.3. The molecule has 0 aromatic heterocycles. The van der Waals surface area contributed by atoms with Crippen LogP contribution in [-0.2, 0) is 17.8 Å². The predicted octanol–water partition coefficient (Wildman–Crippen LogP) is 3.59. The molecule has 1 unspecified atom stereocenters. The summed E-state index contributed by atoms with van der Waals surface area (Å²) in [6.07, 6.45) is 2.17. The van der Waals surface area contributed by atoms with Crippen molar-refractivity contribution in [3.8, 4) is 0 Å². The van der Waals surface area contributed by atoms with Gasteiger partial charge in [-0.2, -0.15) is 0 Å². The maximum Gasteiger partial charge on any atom is 0.128 e. The van der Waals surface area contributed by atoms with E-state index >= 15 is 0 Å². The highest BCUT2D eigenvalue weighted by atomic mass is 16.5. The van der Waals surface area contributed by atoms with Gasteiger partial charge in [-0.25, -0.2) is 0 Å². The molecular formula is C16H17NO. The van der Waals surface area contributed by atoms with Crippen LogP contribution in [0.4, 0.5) is 5.69 Å². The third-order valence-electron chi connectivity index (χ3n) is 3.31. The first kappa shape index (κ1) is 11.3. The van der Waals surface area contributed by atoms with E-state index in [2.05, 4.69) is 53.8 Å². The Hall–Kier alpha value is -1.80. The average molecular weight is 239 g/mol. The lowest BCUT2D eigenvalue weighted by molar-refractivity contribution is 0.0461. The van der Waals surface area contributed by atoms with Crippen LogP contribution in [0.25, 0.3) is 0 Å². The molecule has 0 saturated carbocycles. The Morgan fingerprint density at radius 2 is 1.78 bits per heavy atom. The molecule has 3 rings (SSSR count). The minimum absolute atomic E-state index is 0.125. The first-order valence-corrected chi connectivity index (χ1v) is 6.42. The number of nitrogens with one attached hydrogen (secondary N) is 1. The van der Waals surface area contributed by atoms with Crippen molar-refractivity contribution in [2.45, 2.75) is 25.7 Å². The van der Waals surface area contributed by atoms with E-state index in [-0.39, 0.29) is 6.23 Å². The Morgan fingerprint density at radius 3 is 2.67 bits per heavy atom. The van der Waals surface area contributed by atoms with Gasteiger partial charge in [-0.3, -0.25) is 0 Å². The van der Waals surface area contributed by atoms with E-state index in [1.165, 1.54) is 16.8 Å². The highest BCUT2D eigenvalue weighted by Gasteiger charge is 2.16. The van der Waals surface area contributed by atoms with Crippen LogP contribution in [0.15, 0.2) is 54.6 Å². The fourth-order valence-corrected chi connectivity index (χ4v) is 2.29. The second-order valence-electron chi connectivity index (χ2n) is 4.63. The van der Waals surface area contributed by atoms with Crippen LogP contribution in [0.1, 0.15) is 17.5 Å². The van der Waals surface area contributed by atoms with Gasteiger partial charge in [0.1, 0.15) is 6.23 Å². The fourth-order valence-electron chi connectivity index (χ4n) is 2.29. The second kappa shape index (κ2) is 5.23. The van der Waals surface area contributed by atoms with Gasteiger partial charge in [0.05, 0.1) is 6.61 Å². The van der Waals surface area contributed by atoms with Gasteiger partial charge >= 0.3 is 0 Å². The lowest BCUT2D eigenvalue weighted by Gasteiger charge is -2.27. The molecule has 1 atom stereocenters. The molecule has 2 heteroatoms. The van der Waals surface area contributed by atoms with Crippen LogP contribution in [0.3, 0.4) is 0 Å². The molecule has 0 bridgehead atoms. The number of fused-ring (bicyclic) bond motifs is 1. The first-order chi connectivity index (χ1) is 8.92. The molecule has 1 aliphatic heterocycles. The van der Waals surface area contributed by atoms with E-state index in [0.717, 1.165) is 12.8 Å². The number of benzene rings is 2. The lowest BCUT2D eigenvalue weighted by Crippen LogP contribution is -2.28. The molecule has 0 spiro atoms. The monoisotopic (exact) mass is 239 g/mol. The summed E-state index contributed by atoms with van der Waals surface area (Å²) in [5.41, 5.74) is 3.82. The normalized spacial score (nSPS) is 17.9. The van der Waals surface area contributed by atoms with E-state index in [4.69, 9.17) is 4.74 Å². The lowest BCUT2D eigenvalue weighted by atomic mass is 10.1. The number of hydrogen-bond donors (Lipinski definition) is 1. The van der Waals surface area contributed by atoms with Gasteiger partial charge in [-0.1, -0.05) is 48.5 Å². The number of anilines is 1. The number of hydrogen-bond acceptors (Lipinski definition) is 2. The summed E-state index contributed by atoms with van der Waals surface area (Å²) in [6, 6.07) is 18.9. The third-order valence-corrected chi connectivity index (χ3v) is 3.31. The number of ether oxygens (including phenoxy) is 1. The van der Waals surface area contributed by atoms with Crippen LogP contribution >= 0.6 is 0 Å². The predicted molar refractivity (Wildman–Crippen MR) is 73.4 cm³/mol. The third kappa shape index (κ3) is 2.54. The SMILES string of the molecule is c1ccc(CCC2Nc3ccccc3CO2)cc1. The van der Waals surface area contributed by atoms with Gasteiger partial charge in [0.15, 0.2) is 0 Å². The Kier molecular flexibility index (Phi) is 3.29. The topological polar surface area (TPSA) is 21.3 Å². The smallest absolute Gasteiger partial charge is 0.128 e. The number of para-hydroxylation sites is 1. The number of rotatable bonds is 3. The molecule has 2 aromatic rings. The van der Waals surface area contributed by atoms with Crippen molar-refractivity contribution in [2.75, 3.05) is 5.32 Å². The summed E-state index contributed by atoms with van der Waals surface area (Å²) in [6.45, 7) is 0.711. The molecule has 1 aliphatic rings. The molecular weight excluding hydrogens is 222 g/mol. The zero-order chi connectivity index (χ0) is 12.2. The van der Waals surface area contributed by atoms with Crippen LogP contribution in [-0.4, -0.2) is 6.23 Å². The largest absolute Gasteiger partial charge is 0.360 e. The molecule has 92 valence electrons. The number of aryl methyl sites for hydroxylation is 1. The summed E-state index contributed by atoms with van der Waals surface area (Å²) >= 11 is 0. The van der Waals surface area contributed by atoms with Crippen LogP contribution < -0.4 is 5.32 Å². The summed E-state index contributed by atoms with van der Waals surface area (Å²) in [5.74, 6) is 0. The highest BCUT2D eigenvalue weighted by Crippen LogP contribution is 2.24. The molecule has 1 N–H and O–H groups in total.